The molecule has 6 heteroatoms. The van der Waals surface area contributed by atoms with Gasteiger partial charge in [0.25, 0.3) is 5.03 Å². The number of ether oxygens (including phenoxy) is 1. The Kier molecular flexibility index (Phi) is 4.19. The van der Waals surface area contributed by atoms with Crippen LogP contribution in [0.5, 0.6) is 0 Å². The molecule has 0 radical (unpaired) electrons. The quantitative estimate of drug-likeness (QED) is 0.652. The van der Waals surface area contributed by atoms with Crippen LogP contribution >= 0.6 is 0 Å². The van der Waals surface area contributed by atoms with Gasteiger partial charge in [0.05, 0.1) is 20.0 Å². The Labute approximate surface area is 108 Å². The summed E-state index contributed by atoms with van der Waals surface area (Å²) in [5.41, 5.74) is 0.900. The summed E-state index contributed by atoms with van der Waals surface area (Å²) in [5.74, 6) is 0.196. The average Bonchev–Trinajstić information content (AvgIpc) is 2.55. The maximum atomic E-state index is 12.1. The summed E-state index contributed by atoms with van der Waals surface area (Å²) in [4.78, 5) is 27.5. The van der Waals surface area contributed by atoms with Crippen molar-refractivity contribution in [2.75, 3.05) is 24.7 Å². The van der Waals surface area contributed by atoms with Gasteiger partial charge in [0.15, 0.2) is 0 Å². The Morgan fingerprint density at radius 3 is 3.22 bits per heavy atom. The number of aromatic nitrogens is 1. The Bertz CT molecular complexity index is 464. The Balaban J connectivity index is 2.20. The zero-order chi connectivity index (χ0) is 13.0. The average molecular weight is 267 g/mol. The van der Waals surface area contributed by atoms with Gasteiger partial charge in [-0.3, -0.25) is 4.79 Å². The first kappa shape index (κ1) is 12.9. The highest BCUT2D eigenvalue weighted by atomic mass is 32.2. The minimum atomic E-state index is -0.617. The van der Waals surface area contributed by atoms with Gasteiger partial charge in [0.1, 0.15) is 22.3 Å². The van der Waals surface area contributed by atoms with Crippen molar-refractivity contribution in [3.05, 3.63) is 18.3 Å². The van der Waals surface area contributed by atoms with Gasteiger partial charge in [-0.05, 0) is 12.1 Å². The summed E-state index contributed by atoms with van der Waals surface area (Å²) in [6.07, 6.45) is 2.40. The fraction of sp³-hybridized carbons (Fsp3) is 0.417. The number of hydrogen-bond acceptors (Lipinski definition) is 5. The van der Waals surface area contributed by atoms with Crippen molar-refractivity contribution in [3.63, 3.8) is 0 Å². The molecular formula is C12H15N2O3S+. The molecule has 0 amide bonds. The molecule has 1 aliphatic heterocycles. The molecule has 2 rings (SSSR count). The van der Waals surface area contributed by atoms with Crippen LogP contribution in [0.4, 0.5) is 5.69 Å². The molecule has 1 aromatic heterocycles. The second-order valence-corrected chi connectivity index (χ2v) is 5.86. The Hall–Kier alpha value is -1.56. The van der Waals surface area contributed by atoms with E-state index in [4.69, 9.17) is 0 Å². The second kappa shape index (κ2) is 5.86. The second-order valence-electron chi connectivity index (χ2n) is 3.83. The van der Waals surface area contributed by atoms with Crippen LogP contribution in [0.15, 0.2) is 23.4 Å². The van der Waals surface area contributed by atoms with Crippen LogP contribution in [0, 0.1) is 0 Å². The van der Waals surface area contributed by atoms with Crippen molar-refractivity contribution in [2.24, 2.45) is 0 Å². The van der Waals surface area contributed by atoms with Crippen molar-refractivity contribution in [2.45, 2.75) is 17.9 Å². The molecule has 1 aliphatic rings. The van der Waals surface area contributed by atoms with E-state index in [1.54, 1.807) is 6.20 Å². The highest BCUT2D eigenvalue weighted by molar-refractivity contribution is 8.11. The van der Waals surface area contributed by atoms with Crippen molar-refractivity contribution in [3.8, 4) is 0 Å². The van der Waals surface area contributed by atoms with Gasteiger partial charge >= 0.3 is 11.1 Å². The highest BCUT2D eigenvalue weighted by Gasteiger charge is 2.37. The zero-order valence-electron chi connectivity index (χ0n) is 10.1. The number of methoxy groups -OCH3 is 1. The van der Waals surface area contributed by atoms with E-state index in [1.165, 1.54) is 7.11 Å². The summed E-state index contributed by atoms with van der Waals surface area (Å²) in [6.45, 7) is 0.624. The molecule has 5 nitrogen and oxygen atoms in total. The van der Waals surface area contributed by atoms with Gasteiger partial charge in [-0.15, -0.1) is 0 Å². The predicted octanol–water partition coefficient (Wildman–Crippen LogP) is 0.964. The molecule has 18 heavy (non-hydrogen) atoms. The number of fused-ring (bicyclic) bond motifs is 1. The van der Waals surface area contributed by atoms with Crippen molar-refractivity contribution in [1.82, 2.24) is 4.98 Å². The summed E-state index contributed by atoms with van der Waals surface area (Å²) in [5, 5.41) is 4.12. The van der Waals surface area contributed by atoms with E-state index in [2.05, 4.69) is 15.0 Å². The van der Waals surface area contributed by atoms with E-state index in [9.17, 15) is 9.59 Å². The molecule has 1 aromatic rings. The van der Waals surface area contributed by atoms with Gasteiger partial charge < -0.3 is 10.1 Å². The SMILES string of the molecule is COC(=O)CC[S+]1C(=O)CCNc2cccnc21. The molecule has 1 unspecified atom stereocenters. The van der Waals surface area contributed by atoms with Crippen molar-refractivity contribution >= 4 is 27.7 Å². The Morgan fingerprint density at radius 2 is 2.44 bits per heavy atom. The van der Waals surface area contributed by atoms with Crippen LogP contribution in [0.25, 0.3) is 0 Å². The minimum Gasteiger partial charge on any atom is -0.469 e. The number of carbonyl (C=O) groups excluding carboxylic acids is 2. The van der Waals surface area contributed by atoms with Gasteiger partial charge in [0.2, 0.25) is 0 Å². The molecule has 1 atom stereocenters. The molecule has 0 spiro atoms. The normalized spacial score (nSPS) is 18.5. The van der Waals surface area contributed by atoms with Crippen LogP contribution in [-0.2, 0) is 25.2 Å². The van der Waals surface area contributed by atoms with E-state index in [0.29, 0.717) is 18.7 Å². The lowest BCUT2D eigenvalue weighted by Gasteiger charge is -2.04. The molecule has 0 aliphatic carbocycles. The van der Waals surface area contributed by atoms with Gasteiger partial charge in [-0.25, -0.2) is 9.78 Å². The smallest absolute Gasteiger partial charge is 0.340 e. The van der Waals surface area contributed by atoms with Crippen LogP contribution in [0.3, 0.4) is 0 Å². The predicted molar refractivity (Wildman–Crippen MR) is 69.5 cm³/mol. The lowest BCUT2D eigenvalue weighted by molar-refractivity contribution is -0.140. The number of nitrogens with zero attached hydrogens (tertiary/aromatic N) is 1. The number of rotatable bonds is 3. The summed E-state index contributed by atoms with van der Waals surface area (Å²) in [6, 6.07) is 3.75. The molecule has 96 valence electrons. The van der Waals surface area contributed by atoms with E-state index in [1.807, 2.05) is 12.1 Å². The van der Waals surface area contributed by atoms with Gasteiger partial charge in [-0.2, -0.15) is 0 Å². The number of hydrogen-bond donors (Lipinski definition) is 1. The van der Waals surface area contributed by atoms with Gasteiger partial charge in [0, 0.05) is 12.7 Å². The number of anilines is 1. The fourth-order valence-corrected chi connectivity index (χ4v) is 3.70. The summed E-state index contributed by atoms with van der Waals surface area (Å²) in [7, 11) is 0.738. The number of nitrogens with one attached hydrogen (secondary N) is 1. The van der Waals surface area contributed by atoms with E-state index in [-0.39, 0.29) is 17.5 Å². The van der Waals surface area contributed by atoms with Gasteiger partial charge in [-0.1, -0.05) is 0 Å². The third kappa shape index (κ3) is 2.81. The molecule has 0 saturated heterocycles. The van der Waals surface area contributed by atoms with Crippen LogP contribution in [0.1, 0.15) is 12.8 Å². The number of esters is 1. The van der Waals surface area contributed by atoms with Crippen LogP contribution in [0.2, 0.25) is 0 Å². The lowest BCUT2D eigenvalue weighted by atomic mass is 10.4. The summed E-state index contributed by atoms with van der Waals surface area (Å²) >= 11 is 0. The first-order chi connectivity index (χ1) is 8.72. The van der Waals surface area contributed by atoms with Crippen molar-refractivity contribution < 1.29 is 14.3 Å². The van der Waals surface area contributed by atoms with E-state index < -0.39 is 10.9 Å². The highest BCUT2D eigenvalue weighted by Crippen LogP contribution is 2.26. The molecule has 0 fully saturated rings. The third-order valence-electron chi connectivity index (χ3n) is 2.66. The molecule has 0 saturated carbocycles. The van der Waals surface area contributed by atoms with Crippen molar-refractivity contribution in [1.29, 1.82) is 0 Å². The minimum absolute atomic E-state index is 0.156. The fourth-order valence-electron chi connectivity index (χ4n) is 1.75. The third-order valence-corrected chi connectivity index (χ3v) is 4.82. The molecule has 0 aromatic carbocycles. The van der Waals surface area contributed by atoms with Crippen LogP contribution < -0.4 is 5.32 Å². The number of pyridine rings is 1. The van der Waals surface area contributed by atoms with E-state index in [0.717, 1.165) is 10.7 Å². The van der Waals surface area contributed by atoms with E-state index >= 15 is 0 Å². The molecule has 2 heterocycles. The summed E-state index contributed by atoms with van der Waals surface area (Å²) < 4.78 is 4.61. The maximum Gasteiger partial charge on any atom is 0.340 e. The Morgan fingerprint density at radius 1 is 1.61 bits per heavy atom. The molecule has 1 N–H and O–H groups in total. The standard InChI is InChI=1S/C12H15N2O3S/c1-17-10(15)5-8-18-11(16)4-7-13-9-3-2-6-14-12(9)18/h2-3,6,13H,4-5,7-8H2,1H3/q+1. The first-order valence-electron chi connectivity index (χ1n) is 5.72. The number of carbonyl (C=O) groups is 2. The first-order valence-corrected chi connectivity index (χ1v) is 7.11. The monoisotopic (exact) mass is 267 g/mol. The molecular weight excluding hydrogens is 252 g/mol. The van der Waals surface area contributed by atoms with Crippen LogP contribution in [-0.4, -0.2) is 35.5 Å². The lowest BCUT2D eigenvalue weighted by Crippen LogP contribution is -2.22. The zero-order valence-corrected chi connectivity index (χ0v) is 11.0. The largest absolute Gasteiger partial charge is 0.469 e. The topological polar surface area (TPSA) is 68.3 Å². The molecule has 0 bridgehead atoms. The maximum absolute atomic E-state index is 12.1.